The zero-order valence-electron chi connectivity index (χ0n) is 18.4. The number of carbonyl (C=O) groups excluding carboxylic acids is 2. The summed E-state index contributed by atoms with van der Waals surface area (Å²) in [5.41, 5.74) is 3.73. The second-order valence-electron chi connectivity index (χ2n) is 8.49. The van der Waals surface area contributed by atoms with E-state index in [1.165, 1.54) is 0 Å². The fourth-order valence-corrected chi connectivity index (χ4v) is 4.33. The zero-order valence-corrected chi connectivity index (χ0v) is 18.4. The van der Waals surface area contributed by atoms with Crippen LogP contribution in [0.2, 0.25) is 0 Å². The van der Waals surface area contributed by atoms with Gasteiger partial charge in [-0.25, -0.2) is 4.79 Å². The number of hydrogen-bond donors (Lipinski definition) is 3. The fraction of sp³-hybridized carbons (Fsp3) is 0.346. The highest BCUT2D eigenvalue weighted by Crippen LogP contribution is 2.44. The third kappa shape index (κ3) is 5.01. The lowest BCUT2D eigenvalue weighted by atomic mass is 9.98. The molecule has 1 unspecified atom stereocenters. The number of amides is 2. The maximum Gasteiger partial charge on any atom is 0.407 e. The fourth-order valence-electron chi connectivity index (χ4n) is 4.33. The van der Waals surface area contributed by atoms with Crippen molar-refractivity contribution in [1.29, 1.82) is 0 Å². The van der Waals surface area contributed by atoms with Crippen molar-refractivity contribution >= 4 is 18.0 Å². The summed E-state index contributed by atoms with van der Waals surface area (Å²) in [5.74, 6) is 4.02. The molecule has 0 radical (unpaired) electrons. The van der Waals surface area contributed by atoms with Crippen LogP contribution in [0.4, 0.5) is 4.79 Å². The molecule has 1 saturated carbocycles. The van der Waals surface area contributed by atoms with Crippen LogP contribution in [0, 0.1) is 11.8 Å². The SMILES string of the molecule is CC#CCC(NC(=O)OCC1c2ccccc2-c2ccccc21)C(=O)NC1(CC(=O)O)CC1. The van der Waals surface area contributed by atoms with Gasteiger partial charge in [0, 0.05) is 12.3 Å². The minimum atomic E-state index is -0.970. The van der Waals surface area contributed by atoms with Crippen molar-refractivity contribution in [2.24, 2.45) is 0 Å². The van der Waals surface area contributed by atoms with E-state index in [1.54, 1.807) is 6.92 Å². The van der Waals surface area contributed by atoms with Crippen molar-refractivity contribution in [1.82, 2.24) is 10.6 Å². The minimum absolute atomic E-state index is 0.0869. The molecule has 0 bridgehead atoms. The van der Waals surface area contributed by atoms with E-state index in [0.717, 1.165) is 22.3 Å². The van der Waals surface area contributed by atoms with Gasteiger partial charge < -0.3 is 20.5 Å². The highest BCUT2D eigenvalue weighted by Gasteiger charge is 2.46. The average molecular weight is 447 g/mol. The van der Waals surface area contributed by atoms with E-state index in [2.05, 4.69) is 34.6 Å². The molecule has 170 valence electrons. The molecular weight excluding hydrogens is 420 g/mol. The number of nitrogens with one attached hydrogen (secondary N) is 2. The first-order valence-corrected chi connectivity index (χ1v) is 11.0. The van der Waals surface area contributed by atoms with E-state index in [4.69, 9.17) is 9.84 Å². The van der Waals surface area contributed by atoms with E-state index in [-0.39, 0.29) is 25.4 Å². The summed E-state index contributed by atoms with van der Waals surface area (Å²) >= 11 is 0. The number of carboxylic acids is 1. The lowest BCUT2D eigenvalue weighted by Gasteiger charge is -2.21. The lowest BCUT2D eigenvalue weighted by molar-refractivity contribution is -0.138. The van der Waals surface area contributed by atoms with E-state index >= 15 is 0 Å². The van der Waals surface area contributed by atoms with Crippen molar-refractivity contribution in [3.63, 3.8) is 0 Å². The highest BCUT2D eigenvalue weighted by atomic mass is 16.5. The summed E-state index contributed by atoms with van der Waals surface area (Å²) < 4.78 is 5.54. The van der Waals surface area contributed by atoms with Gasteiger partial charge in [0.15, 0.2) is 0 Å². The third-order valence-electron chi connectivity index (χ3n) is 6.17. The molecule has 3 N–H and O–H groups in total. The van der Waals surface area contributed by atoms with E-state index < -0.39 is 29.6 Å². The zero-order chi connectivity index (χ0) is 23.4. The van der Waals surface area contributed by atoms with Crippen LogP contribution in [0.15, 0.2) is 48.5 Å². The molecule has 0 spiro atoms. The van der Waals surface area contributed by atoms with Crippen LogP contribution < -0.4 is 10.6 Å². The van der Waals surface area contributed by atoms with Gasteiger partial charge in [0.05, 0.1) is 12.0 Å². The van der Waals surface area contributed by atoms with Crippen LogP contribution in [-0.4, -0.2) is 41.3 Å². The van der Waals surface area contributed by atoms with Gasteiger partial charge in [0.2, 0.25) is 5.91 Å². The largest absolute Gasteiger partial charge is 0.481 e. The Bertz CT molecular complexity index is 1100. The summed E-state index contributed by atoms with van der Waals surface area (Å²) in [5, 5.41) is 14.5. The molecule has 7 heteroatoms. The molecule has 2 aromatic rings. The van der Waals surface area contributed by atoms with Gasteiger partial charge in [0.25, 0.3) is 0 Å². The van der Waals surface area contributed by atoms with Crippen LogP contribution >= 0.6 is 0 Å². The summed E-state index contributed by atoms with van der Waals surface area (Å²) in [6.07, 6.45) is 0.452. The Morgan fingerprint density at radius 1 is 1.09 bits per heavy atom. The molecule has 0 heterocycles. The average Bonchev–Trinajstić information content (AvgIpc) is 3.46. The predicted octanol–water partition coefficient (Wildman–Crippen LogP) is 3.43. The molecule has 2 aliphatic carbocycles. The van der Waals surface area contributed by atoms with Gasteiger partial charge in [-0.05, 0) is 42.0 Å². The molecule has 2 aromatic carbocycles. The molecule has 0 aliphatic heterocycles. The number of alkyl carbamates (subject to hydrolysis) is 1. The van der Waals surface area contributed by atoms with Crippen molar-refractivity contribution in [3.05, 3.63) is 59.7 Å². The number of carbonyl (C=O) groups is 3. The van der Waals surface area contributed by atoms with Crippen molar-refractivity contribution in [2.75, 3.05) is 6.61 Å². The first-order chi connectivity index (χ1) is 15.9. The van der Waals surface area contributed by atoms with Crippen molar-refractivity contribution in [3.8, 4) is 23.0 Å². The first-order valence-electron chi connectivity index (χ1n) is 11.0. The molecule has 2 amide bonds. The maximum absolute atomic E-state index is 12.8. The van der Waals surface area contributed by atoms with E-state index in [0.29, 0.717) is 12.8 Å². The molecule has 0 saturated heterocycles. The van der Waals surface area contributed by atoms with Crippen molar-refractivity contribution in [2.45, 2.75) is 50.1 Å². The highest BCUT2D eigenvalue weighted by molar-refractivity contribution is 5.87. The summed E-state index contributed by atoms with van der Waals surface area (Å²) in [6.45, 7) is 1.78. The van der Waals surface area contributed by atoms with Crippen molar-refractivity contribution < 1.29 is 24.2 Å². The molecule has 33 heavy (non-hydrogen) atoms. The van der Waals surface area contributed by atoms with Gasteiger partial charge in [-0.15, -0.1) is 11.8 Å². The van der Waals surface area contributed by atoms with Gasteiger partial charge in [-0.3, -0.25) is 9.59 Å². The number of aliphatic carboxylic acids is 1. The summed E-state index contributed by atoms with van der Waals surface area (Å²) in [6, 6.07) is 15.2. The van der Waals surface area contributed by atoms with Gasteiger partial charge >= 0.3 is 12.1 Å². The smallest absolute Gasteiger partial charge is 0.407 e. The Labute approximate surface area is 192 Å². The van der Waals surface area contributed by atoms with Gasteiger partial charge in [-0.2, -0.15) is 0 Å². The molecule has 4 rings (SSSR count). The minimum Gasteiger partial charge on any atom is -0.481 e. The normalized spacial score (nSPS) is 15.8. The summed E-state index contributed by atoms with van der Waals surface area (Å²) in [7, 11) is 0. The molecule has 1 fully saturated rings. The number of ether oxygens (including phenoxy) is 1. The van der Waals surface area contributed by atoms with Crippen LogP contribution in [-0.2, 0) is 14.3 Å². The Morgan fingerprint density at radius 3 is 2.24 bits per heavy atom. The predicted molar refractivity (Wildman–Crippen MR) is 122 cm³/mol. The molecule has 0 aromatic heterocycles. The lowest BCUT2D eigenvalue weighted by Crippen LogP contribution is -2.51. The summed E-state index contributed by atoms with van der Waals surface area (Å²) in [4.78, 5) is 36.5. The second kappa shape index (κ2) is 9.37. The van der Waals surface area contributed by atoms with Crippen LogP contribution in [0.1, 0.15) is 49.7 Å². The monoisotopic (exact) mass is 446 g/mol. The topological polar surface area (TPSA) is 105 Å². The molecule has 7 nitrogen and oxygen atoms in total. The van der Waals surface area contributed by atoms with E-state index in [9.17, 15) is 14.4 Å². The Morgan fingerprint density at radius 2 is 1.70 bits per heavy atom. The Kier molecular flexibility index (Phi) is 6.36. The second-order valence-corrected chi connectivity index (χ2v) is 8.49. The Hall–Kier alpha value is -3.79. The number of hydrogen-bond acceptors (Lipinski definition) is 4. The molecule has 1 atom stereocenters. The number of rotatable bonds is 8. The number of benzene rings is 2. The maximum atomic E-state index is 12.8. The van der Waals surface area contributed by atoms with E-state index in [1.807, 2.05) is 36.4 Å². The first kappa shape index (κ1) is 22.4. The Balaban J connectivity index is 1.40. The molecular formula is C26H26N2O5. The number of carboxylic acid groups (broad SMARTS) is 1. The number of fused-ring (bicyclic) bond motifs is 3. The van der Waals surface area contributed by atoms with Gasteiger partial charge in [0.1, 0.15) is 12.6 Å². The van der Waals surface area contributed by atoms with Crippen LogP contribution in [0.5, 0.6) is 0 Å². The third-order valence-corrected chi connectivity index (χ3v) is 6.17. The van der Waals surface area contributed by atoms with Crippen LogP contribution in [0.3, 0.4) is 0 Å². The van der Waals surface area contributed by atoms with Crippen LogP contribution in [0.25, 0.3) is 11.1 Å². The van der Waals surface area contributed by atoms with Gasteiger partial charge in [-0.1, -0.05) is 48.5 Å². The quantitative estimate of drug-likeness (QED) is 0.539. The molecule has 2 aliphatic rings. The standard InChI is InChI=1S/C26H26N2O5/c1-2-3-12-22(24(31)28-26(13-14-26)15-23(29)30)27-25(32)33-16-21-19-10-6-4-8-17(19)18-9-5-7-11-20(18)21/h4-11,21-22H,12-16H2,1H3,(H,27,32)(H,28,31)(H,29,30).